The number of rotatable bonds is 5. The molecule has 0 unspecified atom stereocenters. The monoisotopic (exact) mass is 328 g/mol. The molecule has 2 amide bonds. The smallest absolute Gasteiger partial charge is 0.261 e. The molecule has 0 radical (unpaired) electrons. The molecule has 2 aromatic carbocycles. The van der Waals surface area contributed by atoms with Crippen LogP contribution in [-0.2, 0) is 0 Å². The first kappa shape index (κ1) is 15.7. The van der Waals surface area contributed by atoms with Crippen molar-refractivity contribution in [3.05, 3.63) is 70.2 Å². The highest BCUT2D eigenvalue weighted by molar-refractivity contribution is 6.30. The standard InChI is InChI=1S/C18H17ClN2O2/c1-12(13-5-4-6-14(19)11-13)20-9-10-21-17(22)15-7-2-3-8-16(15)18(21)23/h2-8,11-12,20H,9-10H2,1H3/t12-/m1/s1. The van der Waals surface area contributed by atoms with Gasteiger partial charge in [0.05, 0.1) is 11.1 Å². The lowest BCUT2D eigenvalue weighted by molar-refractivity contribution is 0.0654. The van der Waals surface area contributed by atoms with Gasteiger partial charge in [-0.1, -0.05) is 35.9 Å². The number of hydrogen-bond acceptors (Lipinski definition) is 3. The molecular formula is C18H17ClN2O2. The maximum atomic E-state index is 12.3. The van der Waals surface area contributed by atoms with Crippen LogP contribution in [0.3, 0.4) is 0 Å². The Morgan fingerprint density at radius 3 is 2.30 bits per heavy atom. The van der Waals surface area contributed by atoms with E-state index >= 15 is 0 Å². The van der Waals surface area contributed by atoms with Gasteiger partial charge in [0.15, 0.2) is 0 Å². The zero-order valence-electron chi connectivity index (χ0n) is 12.8. The van der Waals surface area contributed by atoms with Gasteiger partial charge in [0.2, 0.25) is 0 Å². The molecule has 0 spiro atoms. The molecule has 4 nitrogen and oxygen atoms in total. The van der Waals surface area contributed by atoms with Gasteiger partial charge in [-0.2, -0.15) is 0 Å². The summed E-state index contributed by atoms with van der Waals surface area (Å²) in [5.74, 6) is -0.439. The number of imide groups is 1. The molecule has 3 rings (SSSR count). The molecule has 1 atom stereocenters. The number of carbonyl (C=O) groups excluding carboxylic acids is 2. The highest BCUT2D eigenvalue weighted by Crippen LogP contribution is 2.22. The van der Waals surface area contributed by atoms with Gasteiger partial charge in [0, 0.05) is 24.2 Å². The van der Waals surface area contributed by atoms with Gasteiger partial charge >= 0.3 is 0 Å². The average molecular weight is 329 g/mol. The predicted octanol–water partition coefficient (Wildman–Crippen LogP) is 3.29. The Kier molecular flexibility index (Phi) is 4.46. The van der Waals surface area contributed by atoms with E-state index in [-0.39, 0.29) is 17.9 Å². The Morgan fingerprint density at radius 1 is 1.04 bits per heavy atom. The van der Waals surface area contributed by atoms with Crippen molar-refractivity contribution in [3.63, 3.8) is 0 Å². The van der Waals surface area contributed by atoms with Crippen LogP contribution in [-0.4, -0.2) is 29.8 Å². The van der Waals surface area contributed by atoms with Gasteiger partial charge < -0.3 is 5.32 Å². The van der Waals surface area contributed by atoms with Gasteiger partial charge in [0.1, 0.15) is 0 Å². The van der Waals surface area contributed by atoms with Crippen LogP contribution in [0.5, 0.6) is 0 Å². The summed E-state index contributed by atoms with van der Waals surface area (Å²) in [5.41, 5.74) is 2.04. The van der Waals surface area contributed by atoms with Crippen molar-refractivity contribution < 1.29 is 9.59 Å². The molecule has 1 N–H and O–H groups in total. The van der Waals surface area contributed by atoms with Gasteiger partial charge in [-0.3, -0.25) is 14.5 Å². The highest BCUT2D eigenvalue weighted by Gasteiger charge is 2.34. The molecule has 0 fully saturated rings. The summed E-state index contributed by atoms with van der Waals surface area (Å²) in [6.45, 7) is 2.89. The first-order valence-corrected chi connectivity index (χ1v) is 7.90. The van der Waals surface area contributed by atoms with Crippen molar-refractivity contribution in [2.45, 2.75) is 13.0 Å². The Morgan fingerprint density at radius 2 is 1.70 bits per heavy atom. The van der Waals surface area contributed by atoms with Crippen molar-refractivity contribution in [2.75, 3.05) is 13.1 Å². The first-order valence-electron chi connectivity index (χ1n) is 7.52. The predicted molar refractivity (Wildman–Crippen MR) is 89.7 cm³/mol. The van der Waals surface area contributed by atoms with Crippen molar-refractivity contribution in [2.24, 2.45) is 0 Å². The second-order valence-corrected chi connectivity index (χ2v) is 5.97. The van der Waals surface area contributed by atoms with Crippen LogP contribution >= 0.6 is 11.6 Å². The summed E-state index contributed by atoms with van der Waals surface area (Å²) in [5, 5.41) is 4.01. The summed E-state index contributed by atoms with van der Waals surface area (Å²) in [4.78, 5) is 25.8. The lowest BCUT2D eigenvalue weighted by Gasteiger charge is -2.18. The van der Waals surface area contributed by atoms with Crippen molar-refractivity contribution in [1.82, 2.24) is 10.2 Å². The van der Waals surface area contributed by atoms with E-state index in [1.54, 1.807) is 24.3 Å². The van der Waals surface area contributed by atoms with Gasteiger partial charge in [0.25, 0.3) is 11.8 Å². The Labute approximate surface area is 140 Å². The lowest BCUT2D eigenvalue weighted by atomic mass is 10.1. The third-order valence-corrected chi connectivity index (χ3v) is 4.25. The molecule has 0 bridgehead atoms. The normalized spacial score (nSPS) is 15.0. The van der Waals surface area contributed by atoms with Gasteiger partial charge in [-0.25, -0.2) is 0 Å². The third kappa shape index (κ3) is 3.14. The summed E-state index contributed by atoms with van der Waals surface area (Å²) >= 11 is 5.99. The summed E-state index contributed by atoms with van der Waals surface area (Å²) in [6.07, 6.45) is 0. The fourth-order valence-corrected chi connectivity index (χ4v) is 2.93. The molecule has 118 valence electrons. The topological polar surface area (TPSA) is 49.4 Å². The van der Waals surface area contributed by atoms with Gasteiger partial charge in [-0.15, -0.1) is 0 Å². The minimum absolute atomic E-state index is 0.0869. The molecule has 1 heterocycles. The fourth-order valence-electron chi connectivity index (χ4n) is 2.73. The molecule has 23 heavy (non-hydrogen) atoms. The van der Waals surface area contributed by atoms with E-state index in [1.165, 1.54) is 4.90 Å². The maximum absolute atomic E-state index is 12.3. The summed E-state index contributed by atoms with van der Waals surface area (Å²) in [7, 11) is 0. The Balaban J connectivity index is 1.60. The number of nitrogens with one attached hydrogen (secondary N) is 1. The molecular weight excluding hydrogens is 312 g/mol. The number of halogens is 1. The number of benzene rings is 2. The van der Waals surface area contributed by atoms with E-state index < -0.39 is 0 Å². The van der Waals surface area contributed by atoms with Crippen LogP contribution in [0.15, 0.2) is 48.5 Å². The quantitative estimate of drug-likeness (QED) is 0.857. The van der Waals surface area contributed by atoms with E-state index in [0.717, 1.165) is 5.56 Å². The number of amides is 2. The van der Waals surface area contributed by atoms with E-state index in [2.05, 4.69) is 5.32 Å². The van der Waals surface area contributed by atoms with Crippen LogP contribution in [0.4, 0.5) is 0 Å². The minimum atomic E-state index is -0.220. The average Bonchev–Trinajstić information content (AvgIpc) is 2.80. The second kappa shape index (κ2) is 6.52. The van der Waals surface area contributed by atoms with E-state index in [4.69, 9.17) is 11.6 Å². The van der Waals surface area contributed by atoms with Crippen molar-refractivity contribution >= 4 is 23.4 Å². The van der Waals surface area contributed by atoms with Crippen LogP contribution < -0.4 is 5.32 Å². The highest BCUT2D eigenvalue weighted by atomic mass is 35.5. The number of carbonyl (C=O) groups is 2. The number of hydrogen-bond donors (Lipinski definition) is 1. The fraction of sp³-hybridized carbons (Fsp3) is 0.222. The number of fused-ring (bicyclic) bond motifs is 1. The van der Waals surface area contributed by atoms with Crippen molar-refractivity contribution in [1.29, 1.82) is 0 Å². The van der Waals surface area contributed by atoms with Crippen LogP contribution in [0.25, 0.3) is 0 Å². The van der Waals surface area contributed by atoms with Gasteiger partial charge in [-0.05, 0) is 36.8 Å². The number of nitrogens with zero attached hydrogens (tertiary/aromatic N) is 1. The van der Waals surface area contributed by atoms with Crippen LogP contribution in [0.1, 0.15) is 39.2 Å². The molecule has 1 aliphatic heterocycles. The minimum Gasteiger partial charge on any atom is -0.308 e. The molecule has 0 saturated carbocycles. The zero-order chi connectivity index (χ0) is 16.4. The van der Waals surface area contributed by atoms with Crippen molar-refractivity contribution in [3.8, 4) is 0 Å². The first-order chi connectivity index (χ1) is 11.1. The third-order valence-electron chi connectivity index (χ3n) is 4.01. The van der Waals surface area contributed by atoms with Crippen LogP contribution in [0.2, 0.25) is 5.02 Å². The Bertz CT molecular complexity index is 725. The molecule has 5 heteroatoms. The van der Waals surface area contributed by atoms with E-state index in [9.17, 15) is 9.59 Å². The van der Waals surface area contributed by atoms with E-state index in [1.807, 2.05) is 31.2 Å². The Hall–Kier alpha value is -2.17. The second-order valence-electron chi connectivity index (χ2n) is 5.54. The van der Waals surface area contributed by atoms with Crippen LogP contribution in [0, 0.1) is 0 Å². The zero-order valence-corrected chi connectivity index (χ0v) is 13.5. The van der Waals surface area contributed by atoms with E-state index in [0.29, 0.717) is 29.2 Å². The molecule has 1 aliphatic rings. The lowest BCUT2D eigenvalue weighted by Crippen LogP contribution is -2.36. The molecule has 0 saturated heterocycles. The molecule has 2 aromatic rings. The molecule has 0 aromatic heterocycles. The largest absolute Gasteiger partial charge is 0.308 e. The summed E-state index contributed by atoms with van der Waals surface area (Å²) in [6, 6.07) is 14.6. The molecule has 0 aliphatic carbocycles. The SMILES string of the molecule is C[C@@H](NCCN1C(=O)c2ccccc2C1=O)c1cccc(Cl)c1. The summed E-state index contributed by atoms with van der Waals surface area (Å²) < 4.78 is 0. The maximum Gasteiger partial charge on any atom is 0.261 e.